The van der Waals surface area contributed by atoms with Gasteiger partial charge in [0.15, 0.2) is 0 Å². The van der Waals surface area contributed by atoms with Crippen molar-refractivity contribution in [2.75, 3.05) is 31.3 Å². The van der Waals surface area contributed by atoms with Gasteiger partial charge in [-0.2, -0.15) is 0 Å². The summed E-state index contributed by atoms with van der Waals surface area (Å²) in [5.41, 5.74) is 5.83. The first kappa shape index (κ1) is 21.7. The highest BCUT2D eigenvalue weighted by Gasteiger charge is 2.18. The highest BCUT2D eigenvalue weighted by molar-refractivity contribution is 7.16. The van der Waals surface area contributed by atoms with Gasteiger partial charge in [-0.05, 0) is 30.2 Å². The maximum atomic E-state index is 12.7. The molecule has 0 unspecified atom stereocenters. The predicted octanol–water partition coefficient (Wildman–Crippen LogP) is 4.15. The molecule has 0 spiro atoms. The fourth-order valence-electron chi connectivity index (χ4n) is 3.41. The molecule has 0 saturated carbocycles. The average Bonchev–Trinajstić information content (AvgIpc) is 3.27. The lowest BCUT2D eigenvalue weighted by Gasteiger charge is -2.22. The number of aliphatic hydroxyl groups excluding tert-OH is 1. The quantitative estimate of drug-likeness (QED) is 0.376. The Morgan fingerprint density at radius 3 is 2.69 bits per heavy atom. The number of hydrogen-bond donors (Lipinski definition) is 3. The maximum absolute atomic E-state index is 12.7. The normalized spacial score (nSPS) is 11.8. The zero-order valence-electron chi connectivity index (χ0n) is 17.9. The van der Waals surface area contributed by atoms with Crippen LogP contribution in [0.25, 0.3) is 10.2 Å². The number of carbonyl (C=O) groups excluding carboxylic acids is 1. The fraction of sp³-hybridized carbons (Fsp3) is 0.208. The van der Waals surface area contributed by atoms with Crippen molar-refractivity contribution in [3.05, 3.63) is 77.4 Å². The molecule has 4 aromatic rings. The number of anilines is 3. The molecule has 2 aromatic heterocycles. The zero-order valence-corrected chi connectivity index (χ0v) is 18.8. The van der Waals surface area contributed by atoms with Crippen molar-refractivity contribution in [3.63, 3.8) is 0 Å². The van der Waals surface area contributed by atoms with E-state index in [4.69, 9.17) is 0 Å². The van der Waals surface area contributed by atoms with Crippen molar-refractivity contribution in [1.29, 1.82) is 0 Å². The Morgan fingerprint density at radius 2 is 1.94 bits per heavy atom. The monoisotopic (exact) mass is 447 g/mol. The van der Waals surface area contributed by atoms with E-state index in [0.717, 1.165) is 21.5 Å². The van der Waals surface area contributed by atoms with Gasteiger partial charge in [0.05, 0.1) is 39.6 Å². The van der Waals surface area contributed by atoms with Crippen LogP contribution in [0.4, 0.5) is 17.2 Å². The van der Waals surface area contributed by atoms with Crippen molar-refractivity contribution in [3.8, 4) is 0 Å². The summed E-state index contributed by atoms with van der Waals surface area (Å²) in [6.07, 6.45) is 2.19. The second-order valence-electron chi connectivity index (χ2n) is 7.69. The Labute approximate surface area is 190 Å². The van der Waals surface area contributed by atoms with Gasteiger partial charge in [-0.15, -0.1) is 11.3 Å². The molecule has 0 saturated heterocycles. The van der Waals surface area contributed by atoms with E-state index in [1.807, 2.05) is 54.0 Å². The van der Waals surface area contributed by atoms with E-state index in [1.54, 1.807) is 37.7 Å². The van der Waals surface area contributed by atoms with Gasteiger partial charge in [0.2, 0.25) is 0 Å². The molecule has 0 aliphatic carbocycles. The molecule has 164 valence electrons. The summed E-state index contributed by atoms with van der Waals surface area (Å²) in [4.78, 5) is 23.0. The van der Waals surface area contributed by atoms with Crippen LogP contribution in [0, 0.1) is 0 Å². The summed E-state index contributed by atoms with van der Waals surface area (Å²) >= 11 is 1.58. The van der Waals surface area contributed by atoms with E-state index in [1.165, 1.54) is 4.90 Å². The molecule has 32 heavy (non-hydrogen) atoms. The van der Waals surface area contributed by atoms with Crippen LogP contribution in [0.5, 0.6) is 0 Å². The number of carbonyl (C=O) groups is 1. The van der Waals surface area contributed by atoms with Gasteiger partial charge in [0.1, 0.15) is 5.82 Å². The topological polar surface area (TPSA) is 90.4 Å². The van der Waals surface area contributed by atoms with Gasteiger partial charge >= 0.3 is 0 Å². The number of hydrogen-bond acceptors (Lipinski definition) is 7. The summed E-state index contributed by atoms with van der Waals surface area (Å²) in [7, 11) is 3.41. The third-order valence-corrected chi connectivity index (χ3v) is 5.84. The van der Waals surface area contributed by atoms with Crippen LogP contribution in [-0.2, 0) is 6.42 Å². The molecule has 7 nitrogen and oxygen atoms in total. The van der Waals surface area contributed by atoms with Crippen molar-refractivity contribution in [1.82, 2.24) is 14.9 Å². The van der Waals surface area contributed by atoms with Gasteiger partial charge in [0, 0.05) is 32.0 Å². The first-order chi connectivity index (χ1) is 15.5. The average molecular weight is 448 g/mol. The number of fused-ring (bicyclic) bond motifs is 1. The number of pyridine rings is 1. The van der Waals surface area contributed by atoms with Gasteiger partial charge in [0.25, 0.3) is 5.91 Å². The molecule has 8 heteroatoms. The molecule has 1 atom stereocenters. The number of aliphatic hydroxyl groups is 1. The summed E-state index contributed by atoms with van der Waals surface area (Å²) in [6, 6.07) is 17.4. The van der Waals surface area contributed by atoms with Crippen LogP contribution in [-0.4, -0.2) is 52.6 Å². The Balaban J connectivity index is 1.61. The Morgan fingerprint density at radius 1 is 1.12 bits per heavy atom. The molecular weight excluding hydrogens is 422 g/mol. The molecule has 0 radical (unpaired) electrons. The molecule has 3 N–H and O–H groups in total. The first-order valence-corrected chi connectivity index (χ1v) is 11.1. The summed E-state index contributed by atoms with van der Waals surface area (Å²) in [5, 5.41) is 16.6. The lowest BCUT2D eigenvalue weighted by atomic mass is 10.1. The van der Waals surface area contributed by atoms with Crippen LogP contribution < -0.4 is 10.6 Å². The molecule has 1 amide bonds. The highest BCUT2D eigenvalue weighted by atomic mass is 32.1. The number of benzene rings is 2. The molecule has 0 fully saturated rings. The Bertz CT molecular complexity index is 1210. The van der Waals surface area contributed by atoms with E-state index in [0.29, 0.717) is 23.5 Å². The van der Waals surface area contributed by atoms with E-state index in [-0.39, 0.29) is 18.6 Å². The molecule has 0 aliphatic rings. The Hall–Kier alpha value is -3.49. The highest BCUT2D eigenvalue weighted by Crippen LogP contribution is 2.27. The third-order valence-electron chi connectivity index (χ3n) is 5.05. The summed E-state index contributed by atoms with van der Waals surface area (Å²) < 4.78 is 1.08. The van der Waals surface area contributed by atoms with E-state index in [2.05, 4.69) is 20.6 Å². The maximum Gasteiger partial charge on any atom is 0.257 e. The minimum atomic E-state index is -0.255. The van der Waals surface area contributed by atoms with E-state index < -0.39 is 0 Å². The molecular formula is C24H25N5O2S. The number of nitrogens with zero attached hydrogens (tertiary/aromatic N) is 3. The lowest BCUT2D eigenvalue weighted by Crippen LogP contribution is -2.29. The lowest BCUT2D eigenvalue weighted by molar-refractivity contribution is 0.0828. The summed E-state index contributed by atoms with van der Waals surface area (Å²) in [6.45, 7) is -0.0718. The molecule has 2 aromatic carbocycles. The number of nitrogens with one attached hydrogen (secondary N) is 2. The van der Waals surface area contributed by atoms with Crippen LogP contribution >= 0.6 is 11.3 Å². The molecule has 2 heterocycles. The number of rotatable bonds is 8. The van der Waals surface area contributed by atoms with Crippen LogP contribution in [0.2, 0.25) is 0 Å². The minimum absolute atomic E-state index is 0.0718. The van der Waals surface area contributed by atoms with Crippen LogP contribution in [0.15, 0.2) is 66.3 Å². The van der Waals surface area contributed by atoms with E-state index in [9.17, 15) is 9.90 Å². The fourth-order valence-corrected chi connectivity index (χ4v) is 4.13. The first-order valence-electron chi connectivity index (χ1n) is 10.3. The van der Waals surface area contributed by atoms with Crippen molar-refractivity contribution in [2.24, 2.45) is 0 Å². The molecule has 0 bridgehead atoms. The molecule has 4 rings (SSSR count). The number of amides is 1. The van der Waals surface area contributed by atoms with Crippen LogP contribution in [0.3, 0.4) is 0 Å². The van der Waals surface area contributed by atoms with Gasteiger partial charge in [-0.3, -0.25) is 4.79 Å². The van der Waals surface area contributed by atoms with E-state index >= 15 is 0 Å². The standard InChI is InChI=1S/C24H25N5O2S/c1-29(2)24(31)19-13-25-23(28-17-8-9-20-22(11-17)32-15-26-20)12-21(19)27-18(14-30)10-16-6-4-3-5-7-16/h3-9,11-13,15,18,30H,10,14H2,1-2H3,(H2,25,27,28)/t18-/m0/s1. The zero-order chi connectivity index (χ0) is 22.5. The SMILES string of the molecule is CN(C)C(=O)c1cnc(Nc2ccc3ncsc3c2)cc1N[C@H](CO)Cc1ccccc1. The molecule has 0 aliphatic heterocycles. The minimum Gasteiger partial charge on any atom is -0.394 e. The second kappa shape index (κ2) is 9.76. The van der Waals surface area contributed by atoms with Gasteiger partial charge in [-0.1, -0.05) is 30.3 Å². The smallest absolute Gasteiger partial charge is 0.257 e. The summed E-state index contributed by atoms with van der Waals surface area (Å²) in [5.74, 6) is 0.442. The second-order valence-corrected chi connectivity index (χ2v) is 8.57. The largest absolute Gasteiger partial charge is 0.394 e. The van der Waals surface area contributed by atoms with Gasteiger partial charge in [-0.25, -0.2) is 9.97 Å². The van der Waals surface area contributed by atoms with Crippen molar-refractivity contribution < 1.29 is 9.90 Å². The van der Waals surface area contributed by atoms with Crippen molar-refractivity contribution >= 4 is 44.7 Å². The Kier molecular flexibility index (Phi) is 6.63. The van der Waals surface area contributed by atoms with Gasteiger partial charge < -0.3 is 20.6 Å². The van der Waals surface area contributed by atoms with Crippen molar-refractivity contribution in [2.45, 2.75) is 12.5 Å². The predicted molar refractivity (Wildman–Crippen MR) is 130 cm³/mol. The number of aromatic nitrogens is 2. The third kappa shape index (κ3) is 5.04. The van der Waals surface area contributed by atoms with Crippen LogP contribution in [0.1, 0.15) is 15.9 Å². The number of thiazole rings is 1.